The molecule has 0 spiro atoms. The molecule has 1 nitrogen and oxygen atoms in total. The minimum Gasteiger partial charge on any atom is -0.399 e. The lowest BCUT2D eigenvalue weighted by molar-refractivity contribution is 1.15. The summed E-state index contributed by atoms with van der Waals surface area (Å²) in [7, 11) is -0.325. The van der Waals surface area contributed by atoms with Crippen LogP contribution < -0.4 is 16.3 Å². The fourth-order valence-corrected chi connectivity index (χ4v) is 4.97. The lowest BCUT2D eigenvalue weighted by Crippen LogP contribution is -2.14. The maximum Gasteiger partial charge on any atom is 0.0316 e. The molecule has 3 aromatic rings. The van der Waals surface area contributed by atoms with Crippen molar-refractivity contribution in [3.8, 4) is 0 Å². The molecule has 2 heteroatoms. The van der Waals surface area contributed by atoms with E-state index in [-0.39, 0.29) is 7.92 Å². The number of benzene rings is 3. The second-order valence-corrected chi connectivity index (χ2v) is 7.65. The van der Waals surface area contributed by atoms with Gasteiger partial charge in [-0.15, -0.1) is 0 Å². The van der Waals surface area contributed by atoms with E-state index in [1.165, 1.54) is 16.2 Å². The first-order valence-corrected chi connectivity index (χ1v) is 9.08. The number of anilines is 1. The third-order valence-corrected chi connectivity index (χ3v) is 6.22. The van der Waals surface area contributed by atoms with Crippen molar-refractivity contribution in [1.29, 1.82) is 0 Å². The molecule has 0 fully saturated rings. The van der Waals surface area contributed by atoms with Crippen LogP contribution in [0.4, 0.5) is 5.69 Å². The minimum atomic E-state index is -0.325. The van der Waals surface area contributed by atoms with E-state index < -0.39 is 0 Å². The number of hydrogen-bond acceptors (Lipinski definition) is 1. The number of aryl methyl sites for hydroxylation is 1. The molecule has 110 valence electrons. The normalized spacial score (nSPS) is 10.8. The highest BCUT2D eigenvalue weighted by Crippen LogP contribution is 2.34. The minimum absolute atomic E-state index is 0.325. The lowest BCUT2D eigenvalue weighted by atomic mass is 10.1. The van der Waals surface area contributed by atoms with Crippen molar-refractivity contribution >= 4 is 24.2 Å². The standard InChI is InChI=1S/C20H20NP/c21-18-9-7-8-17(16-18)14-15-22(19-10-3-1-4-11-19)20-12-5-2-6-13-20/h1-13,16H,14-15,21H2. The van der Waals surface area contributed by atoms with Gasteiger partial charge in [0.05, 0.1) is 0 Å². The second kappa shape index (κ2) is 7.24. The lowest BCUT2D eigenvalue weighted by Gasteiger charge is -2.19. The van der Waals surface area contributed by atoms with Crippen LogP contribution in [0, 0.1) is 0 Å². The summed E-state index contributed by atoms with van der Waals surface area (Å²) < 4.78 is 0. The Labute approximate surface area is 133 Å². The topological polar surface area (TPSA) is 26.0 Å². The quantitative estimate of drug-likeness (QED) is 0.561. The molecule has 0 saturated carbocycles. The van der Waals surface area contributed by atoms with Crippen LogP contribution in [0.25, 0.3) is 0 Å². The summed E-state index contributed by atoms with van der Waals surface area (Å²) in [6.07, 6.45) is 2.20. The highest BCUT2D eigenvalue weighted by atomic mass is 31.1. The van der Waals surface area contributed by atoms with E-state index in [0.29, 0.717) is 0 Å². The van der Waals surface area contributed by atoms with Crippen molar-refractivity contribution in [2.75, 3.05) is 11.9 Å². The van der Waals surface area contributed by atoms with Crippen LogP contribution in [0.3, 0.4) is 0 Å². The molecule has 22 heavy (non-hydrogen) atoms. The predicted octanol–water partition coefficient (Wildman–Crippen LogP) is 3.94. The maximum absolute atomic E-state index is 5.89. The SMILES string of the molecule is Nc1cccc(CCP(c2ccccc2)c2ccccc2)c1. The first-order chi connectivity index (χ1) is 10.8. The van der Waals surface area contributed by atoms with Crippen LogP contribution in [0.5, 0.6) is 0 Å². The van der Waals surface area contributed by atoms with Crippen LogP contribution in [0.1, 0.15) is 5.56 Å². The maximum atomic E-state index is 5.89. The van der Waals surface area contributed by atoms with Crippen LogP contribution in [0.15, 0.2) is 84.9 Å². The molecule has 0 aliphatic carbocycles. The van der Waals surface area contributed by atoms with E-state index in [9.17, 15) is 0 Å². The highest BCUT2D eigenvalue weighted by molar-refractivity contribution is 7.73. The van der Waals surface area contributed by atoms with Gasteiger partial charge in [0.15, 0.2) is 0 Å². The largest absolute Gasteiger partial charge is 0.399 e. The summed E-state index contributed by atoms with van der Waals surface area (Å²) in [6, 6.07) is 29.9. The third-order valence-electron chi connectivity index (χ3n) is 3.71. The van der Waals surface area contributed by atoms with Crippen LogP contribution in [0.2, 0.25) is 0 Å². The van der Waals surface area contributed by atoms with Crippen molar-refractivity contribution in [1.82, 2.24) is 0 Å². The fraction of sp³-hybridized carbons (Fsp3) is 0.100. The zero-order valence-electron chi connectivity index (χ0n) is 12.5. The molecule has 0 radical (unpaired) electrons. The number of rotatable bonds is 5. The summed E-state index contributed by atoms with van der Waals surface area (Å²) in [4.78, 5) is 0. The first-order valence-electron chi connectivity index (χ1n) is 7.55. The van der Waals surface area contributed by atoms with Crippen molar-refractivity contribution in [2.45, 2.75) is 6.42 Å². The molecule has 0 aliphatic rings. The van der Waals surface area contributed by atoms with Gasteiger partial charge >= 0.3 is 0 Å². The van der Waals surface area contributed by atoms with E-state index in [1.54, 1.807) is 0 Å². The molecule has 0 atom stereocenters. The third kappa shape index (κ3) is 3.75. The monoisotopic (exact) mass is 305 g/mol. The Kier molecular flexibility index (Phi) is 4.88. The molecule has 0 heterocycles. The van der Waals surface area contributed by atoms with E-state index in [2.05, 4.69) is 72.8 Å². The van der Waals surface area contributed by atoms with Crippen molar-refractivity contribution in [3.63, 3.8) is 0 Å². The molecule has 3 rings (SSSR count). The molecular weight excluding hydrogens is 285 g/mol. The van der Waals surface area contributed by atoms with E-state index in [4.69, 9.17) is 5.73 Å². The van der Waals surface area contributed by atoms with Gasteiger partial charge in [0.2, 0.25) is 0 Å². The Balaban J connectivity index is 1.83. The molecular formula is C20H20NP. The van der Waals surface area contributed by atoms with E-state index in [1.807, 2.05) is 12.1 Å². The summed E-state index contributed by atoms with van der Waals surface area (Å²) in [5.74, 6) is 0. The molecule has 0 unspecified atom stereocenters. The van der Waals surface area contributed by atoms with Gasteiger partial charge < -0.3 is 5.73 Å². The van der Waals surface area contributed by atoms with Gasteiger partial charge in [0, 0.05) is 5.69 Å². The van der Waals surface area contributed by atoms with Gasteiger partial charge in [0.25, 0.3) is 0 Å². The summed E-state index contributed by atoms with van der Waals surface area (Å²) >= 11 is 0. The Morgan fingerprint density at radius 2 is 1.27 bits per heavy atom. The first kappa shape index (κ1) is 14.8. The average molecular weight is 305 g/mol. The van der Waals surface area contributed by atoms with Gasteiger partial charge in [0.1, 0.15) is 0 Å². The zero-order chi connectivity index (χ0) is 15.2. The van der Waals surface area contributed by atoms with Gasteiger partial charge in [-0.1, -0.05) is 72.8 Å². The highest BCUT2D eigenvalue weighted by Gasteiger charge is 2.13. The fourth-order valence-electron chi connectivity index (χ4n) is 2.61. The Morgan fingerprint density at radius 1 is 0.682 bits per heavy atom. The average Bonchev–Trinajstić information content (AvgIpc) is 2.57. The van der Waals surface area contributed by atoms with Crippen molar-refractivity contribution in [3.05, 3.63) is 90.5 Å². The van der Waals surface area contributed by atoms with Crippen LogP contribution >= 0.6 is 7.92 Å². The van der Waals surface area contributed by atoms with Gasteiger partial charge in [-0.3, -0.25) is 0 Å². The molecule has 3 aromatic carbocycles. The van der Waals surface area contributed by atoms with E-state index >= 15 is 0 Å². The van der Waals surface area contributed by atoms with Crippen LogP contribution in [-0.2, 0) is 6.42 Å². The molecule has 0 aliphatic heterocycles. The Morgan fingerprint density at radius 3 is 1.82 bits per heavy atom. The number of nitrogen functional groups attached to an aromatic ring is 1. The Bertz CT molecular complexity index is 671. The van der Waals surface area contributed by atoms with Gasteiger partial charge in [-0.2, -0.15) is 0 Å². The summed E-state index contributed by atoms with van der Waals surface area (Å²) in [5.41, 5.74) is 8.06. The molecule has 0 saturated heterocycles. The van der Waals surface area contributed by atoms with E-state index in [0.717, 1.165) is 18.3 Å². The molecule has 0 bridgehead atoms. The molecule has 0 aromatic heterocycles. The second-order valence-electron chi connectivity index (χ2n) is 5.32. The van der Waals surface area contributed by atoms with Crippen LogP contribution in [-0.4, -0.2) is 6.16 Å². The number of hydrogen-bond donors (Lipinski definition) is 1. The summed E-state index contributed by atoms with van der Waals surface area (Å²) in [6.45, 7) is 0. The van der Waals surface area contributed by atoms with Crippen molar-refractivity contribution in [2.24, 2.45) is 0 Å². The zero-order valence-corrected chi connectivity index (χ0v) is 13.4. The smallest absolute Gasteiger partial charge is 0.0316 e. The number of nitrogens with two attached hydrogens (primary N) is 1. The Hall–Kier alpha value is -2.11. The predicted molar refractivity (Wildman–Crippen MR) is 98.5 cm³/mol. The molecule has 2 N–H and O–H groups in total. The molecule has 0 amide bonds. The van der Waals surface area contributed by atoms with Gasteiger partial charge in [-0.25, -0.2) is 0 Å². The van der Waals surface area contributed by atoms with Gasteiger partial charge in [-0.05, 0) is 48.8 Å². The summed E-state index contributed by atoms with van der Waals surface area (Å²) in [5, 5.41) is 2.88. The van der Waals surface area contributed by atoms with Crippen molar-refractivity contribution < 1.29 is 0 Å².